The second-order valence-electron chi connectivity index (χ2n) is 6.74. The summed E-state index contributed by atoms with van der Waals surface area (Å²) in [7, 11) is 0. The Hall–Kier alpha value is -1.59. The van der Waals surface area contributed by atoms with Crippen LogP contribution < -0.4 is 16.0 Å². The molecule has 0 saturated heterocycles. The van der Waals surface area contributed by atoms with Crippen molar-refractivity contribution >= 4 is 36.3 Å². The first-order valence-corrected chi connectivity index (χ1v) is 10.9. The topological polar surface area (TPSA) is 124 Å². The highest BCUT2D eigenvalue weighted by Gasteiger charge is 2.26. The number of aliphatic hydroxyl groups excluding tert-OH is 1. The van der Waals surface area contributed by atoms with Crippen molar-refractivity contribution in [2.45, 2.75) is 56.8 Å². The fourth-order valence-electron chi connectivity index (χ4n) is 2.46. The number of carbonyl (C=O) groups excluding carboxylic acids is 1. The molecule has 29 heavy (non-hydrogen) atoms. The summed E-state index contributed by atoms with van der Waals surface area (Å²) < 4.78 is 0. The number of pyridine rings is 1. The van der Waals surface area contributed by atoms with E-state index in [0.717, 1.165) is 0 Å². The molecule has 10 heteroatoms. The highest BCUT2D eigenvalue weighted by atomic mass is 32.2. The number of amides is 1. The summed E-state index contributed by atoms with van der Waals surface area (Å²) in [5, 5.41) is 28.1. The standard InChI is InChI=1S/C19H30N4O4S2/c1-6-13(17(24)23-15(10(2)3)19(26)27)22-18(25)16-14(29-5)8-7-12(21-16)9-20-11(4)28/h6-8,10-11,15,17,20,23-24,28H,9H2,1-5H3,(H,22,25)(H,26,27)/b13-6-/t11?,15-,17?/m0/s1. The van der Waals surface area contributed by atoms with E-state index in [0.29, 0.717) is 17.1 Å². The molecule has 0 fully saturated rings. The molecular weight excluding hydrogens is 412 g/mol. The summed E-state index contributed by atoms with van der Waals surface area (Å²) in [6, 6.07) is 2.68. The molecule has 1 amide bonds. The number of aromatic nitrogens is 1. The smallest absolute Gasteiger partial charge is 0.321 e. The number of nitrogens with zero attached hydrogens (tertiary/aromatic N) is 1. The number of thioether (sulfide) groups is 1. The van der Waals surface area contributed by atoms with Gasteiger partial charge in [-0.1, -0.05) is 19.9 Å². The van der Waals surface area contributed by atoms with Gasteiger partial charge in [-0.15, -0.1) is 11.8 Å². The van der Waals surface area contributed by atoms with Gasteiger partial charge in [-0.05, 0) is 38.2 Å². The Balaban J connectivity index is 2.99. The third-order valence-corrected chi connectivity index (χ3v) is 5.01. The van der Waals surface area contributed by atoms with Crippen LogP contribution in [0.25, 0.3) is 0 Å². The van der Waals surface area contributed by atoms with Crippen LogP contribution in [0, 0.1) is 5.92 Å². The Labute approximate surface area is 181 Å². The average molecular weight is 443 g/mol. The summed E-state index contributed by atoms with van der Waals surface area (Å²) in [6.45, 7) is 7.44. The van der Waals surface area contributed by atoms with E-state index in [1.54, 1.807) is 20.8 Å². The molecule has 1 heterocycles. The second-order valence-corrected chi connectivity index (χ2v) is 8.36. The minimum Gasteiger partial charge on any atom is -0.480 e. The molecule has 1 rings (SSSR count). The molecule has 0 aliphatic heterocycles. The van der Waals surface area contributed by atoms with Crippen LogP contribution in [0.2, 0.25) is 0 Å². The van der Waals surface area contributed by atoms with Crippen molar-refractivity contribution in [3.8, 4) is 0 Å². The fraction of sp³-hybridized carbons (Fsp3) is 0.526. The van der Waals surface area contributed by atoms with Gasteiger partial charge in [0.15, 0.2) is 0 Å². The number of carboxylic acids is 1. The van der Waals surface area contributed by atoms with E-state index < -0.39 is 24.1 Å². The molecule has 0 radical (unpaired) electrons. The molecule has 0 saturated carbocycles. The van der Waals surface area contributed by atoms with Gasteiger partial charge in [-0.2, -0.15) is 12.6 Å². The number of hydrogen-bond donors (Lipinski definition) is 6. The molecule has 3 atom stereocenters. The van der Waals surface area contributed by atoms with Crippen molar-refractivity contribution in [2.24, 2.45) is 5.92 Å². The zero-order valence-corrected chi connectivity index (χ0v) is 19.0. The van der Waals surface area contributed by atoms with Crippen molar-refractivity contribution in [1.82, 2.24) is 20.9 Å². The Morgan fingerprint density at radius 3 is 2.45 bits per heavy atom. The number of aliphatic carboxylic acids is 1. The molecule has 162 valence electrons. The summed E-state index contributed by atoms with van der Waals surface area (Å²) in [6.07, 6.45) is 2.01. The number of rotatable bonds is 11. The van der Waals surface area contributed by atoms with Crippen molar-refractivity contribution in [2.75, 3.05) is 6.26 Å². The molecule has 0 aromatic carbocycles. The number of hydrogen-bond acceptors (Lipinski definition) is 8. The van der Waals surface area contributed by atoms with E-state index in [-0.39, 0.29) is 22.7 Å². The first-order chi connectivity index (χ1) is 13.6. The van der Waals surface area contributed by atoms with Crippen LogP contribution in [-0.4, -0.2) is 51.0 Å². The predicted molar refractivity (Wildman–Crippen MR) is 118 cm³/mol. The largest absolute Gasteiger partial charge is 0.480 e. The maximum Gasteiger partial charge on any atom is 0.321 e. The van der Waals surface area contributed by atoms with Gasteiger partial charge in [0.1, 0.15) is 18.0 Å². The minimum absolute atomic E-state index is 0.0201. The van der Waals surface area contributed by atoms with Gasteiger partial charge < -0.3 is 20.8 Å². The summed E-state index contributed by atoms with van der Waals surface area (Å²) in [4.78, 5) is 29.3. The molecule has 1 aromatic rings. The van der Waals surface area contributed by atoms with Crippen molar-refractivity contribution < 1.29 is 19.8 Å². The lowest BCUT2D eigenvalue weighted by Gasteiger charge is -2.24. The van der Waals surface area contributed by atoms with Crippen LogP contribution >= 0.6 is 24.4 Å². The zero-order valence-electron chi connectivity index (χ0n) is 17.3. The Morgan fingerprint density at radius 2 is 1.97 bits per heavy atom. The average Bonchev–Trinajstić information content (AvgIpc) is 2.67. The Kier molecular flexibility index (Phi) is 10.7. The van der Waals surface area contributed by atoms with Crippen LogP contribution in [0.5, 0.6) is 0 Å². The lowest BCUT2D eigenvalue weighted by molar-refractivity contribution is -0.141. The molecule has 5 N–H and O–H groups in total. The van der Waals surface area contributed by atoms with Crippen LogP contribution in [0.4, 0.5) is 0 Å². The molecule has 0 aliphatic carbocycles. The fourth-order valence-corrected chi connectivity index (χ4v) is 3.09. The summed E-state index contributed by atoms with van der Waals surface area (Å²) in [5.41, 5.74) is 1.07. The molecule has 1 aromatic heterocycles. The zero-order chi connectivity index (χ0) is 22.1. The monoisotopic (exact) mass is 442 g/mol. The lowest BCUT2D eigenvalue weighted by Crippen LogP contribution is -2.49. The SMILES string of the molecule is C/C=C(\NC(=O)c1nc(CNC(C)S)ccc1SC)C(O)N[C@H](C(=O)O)C(C)C. The van der Waals surface area contributed by atoms with Gasteiger partial charge in [0.25, 0.3) is 5.91 Å². The van der Waals surface area contributed by atoms with Crippen LogP contribution in [-0.2, 0) is 11.3 Å². The Morgan fingerprint density at radius 1 is 1.31 bits per heavy atom. The molecular formula is C19H30N4O4S2. The summed E-state index contributed by atoms with van der Waals surface area (Å²) >= 11 is 5.65. The van der Waals surface area contributed by atoms with Crippen LogP contribution in [0.1, 0.15) is 43.9 Å². The lowest BCUT2D eigenvalue weighted by atomic mass is 10.0. The summed E-state index contributed by atoms with van der Waals surface area (Å²) in [5.74, 6) is -1.81. The maximum absolute atomic E-state index is 12.8. The molecule has 8 nitrogen and oxygen atoms in total. The Bertz CT molecular complexity index is 741. The normalized spacial score (nSPS) is 15.1. The number of nitrogens with one attached hydrogen (secondary N) is 3. The van der Waals surface area contributed by atoms with Crippen molar-refractivity contribution in [3.05, 3.63) is 35.3 Å². The highest BCUT2D eigenvalue weighted by Crippen LogP contribution is 2.20. The molecule has 2 unspecified atom stereocenters. The minimum atomic E-state index is -1.35. The number of allylic oxidation sites excluding steroid dienone is 1. The van der Waals surface area contributed by atoms with Gasteiger partial charge in [-0.3, -0.25) is 14.9 Å². The van der Waals surface area contributed by atoms with E-state index in [2.05, 4.69) is 33.6 Å². The van der Waals surface area contributed by atoms with Crippen molar-refractivity contribution in [1.29, 1.82) is 0 Å². The van der Waals surface area contributed by atoms with Crippen molar-refractivity contribution in [3.63, 3.8) is 0 Å². The number of carbonyl (C=O) groups is 2. The van der Waals surface area contributed by atoms with Gasteiger partial charge in [-0.25, -0.2) is 4.98 Å². The van der Waals surface area contributed by atoms with Crippen LogP contribution in [0.3, 0.4) is 0 Å². The van der Waals surface area contributed by atoms with E-state index in [4.69, 9.17) is 0 Å². The first-order valence-electron chi connectivity index (χ1n) is 9.20. The van der Waals surface area contributed by atoms with Crippen LogP contribution in [0.15, 0.2) is 28.8 Å². The van der Waals surface area contributed by atoms with Gasteiger partial charge >= 0.3 is 5.97 Å². The molecule has 0 aliphatic rings. The predicted octanol–water partition coefficient (Wildman–Crippen LogP) is 1.82. The third kappa shape index (κ3) is 7.98. The van der Waals surface area contributed by atoms with Gasteiger partial charge in [0.05, 0.1) is 11.4 Å². The molecule has 0 spiro atoms. The first kappa shape index (κ1) is 25.4. The van der Waals surface area contributed by atoms with E-state index in [1.807, 2.05) is 25.3 Å². The van der Waals surface area contributed by atoms with E-state index >= 15 is 0 Å². The number of carboxylic acid groups (broad SMARTS) is 1. The van der Waals surface area contributed by atoms with Gasteiger partial charge in [0.2, 0.25) is 0 Å². The highest BCUT2D eigenvalue weighted by molar-refractivity contribution is 7.98. The maximum atomic E-state index is 12.8. The van der Waals surface area contributed by atoms with E-state index in [1.165, 1.54) is 17.8 Å². The second kappa shape index (κ2) is 12.2. The third-order valence-electron chi connectivity index (χ3n) is 4.06. The van der Waals surface area contributed by atoms with E-state index in [9.17, 15) is 19.8 Å². The van der Waals surface area contributed by atoms with Gasteiger partial charge in [0, 0.05) is 16.8 Å². The number of thiol groups is 1. The quantitative estimate of drug-likeness (QED) is 0.174. The molecule has 0 bridgehead atoms. The number of aliphatic hydroxyl groups is 1.